The van der Waals surface area contributed by atoms with Crippen molar-refractivity contribution in [2.45, 2.75) is 56.4 Å². The molecule has 1 fully saturated rings. The minimum absolute atomic E-state index is 0.0253. The molecule has 1 saturated carbocycles. The van der Waals surface area contributed by atoms with Crippen molar-refractivity contribution in [1.29, 1.82) is 0 Å². The van der Waals surface area contributed by atoms with Crippen LogP contribution in [0.3, 0.4) is 0 Å². The third-order valence-corrected chi connectivity index (χ3v) is 9.04. The third kappa shape index (κ3) is 4.65. The van der Waals surface area contributed by atoms with E-state index in [9.17, 15) is 18.8 Å². The molecule has 3 aromatic rings. The highest BCUT2D eigenvalue weighted by Crippen LogP contribution is 2.54. The van der Waals surface area contributed by atoms with E-state index >= 15 is 4.39 Å². The number of nitrogens with zero attached hydrogens (tertiary/aromatic N) is 2. The molecule has 41 heavy (non-hydrogen) atoms. The van der Waals surface area contributed by atoms with E-state index < -0.39 is 47.6 Å². The van der Waals surface area contributed by atoms with Crippen LogP contribution in [0.5, 0.6) is 5.75 Å². The molecule has 3 heterocycles. The Kier molecular flexibility index (Phi) is 6.80. The van der Waals surface area contributed by atoms with Crippen LogP contribution in [0, 0.1) is 24.0 Å². The maximum Gasteiger partial charge on any atom is 0.511 e. The summed E-state index contributed by atoms with van der Waals surface area (Å²) in [6.45, 7) is 4.97. The second-order valence-electron chi connectivity index (χ2n) is 10.8. The van der Waals surface area contributed by atoms with Crippen molar-refractivity contribution in [1.82, 2.24) is 4.68 Å². The summed E-state index contributed by atoms with van der Waals surface area (Å²) in [6.07, 6.45) is 1.33. The predicted octanol–water partition coefficient (Wildman–Crippen LogP) is 5.64. The lowest BCUT2D eigenvalue weighted by molar-refractivity contribution is -0.00898. The van der Waals surface area contributed by atoms with Crippen LogP contribution in [-0.4, -0.2) is 36.1 Å². The van der Waals surface area contributed by atoms with Crippen molar-refractivity contribution in [3.63, 3.8) is 0 Å². The fourth-order valence-corrected chi connectivity index (χ4v) is 6.85. The highest BCUT2D eigenvalue weighted by molar-refractivity contribution is 7.98. The number of pyridine rings is 1. The average Bonchev–Trinajstić information content (AvgIpc) is 3.72. The number of ketones is 1. The van der Waals surface area contributed by atoms with Gasteiger partial charge in [0.1, 0.15) is 0 Å². The Balaban J connectivity index is 1.50. The van der Waals surface area contributed by atoms with Crippen molar-refractivity contribution in [3.05, 3.63) is 92.4 Å². The summed E-state index contributed by atoms with van der Waals surface area (Å²) < 4.78 is 46.8. The van der Waals surface area contributed by atoms with Crippen LogP contribution >= 0.6 is 11.8 Å². The second-order valence-corrected chi connectivity index (χ2v) is 11.8. The average molecular weight is 583 g/mol. The van der Waals surface area contributed by atoms with Gasteiger partial charge in [-0.05, 0) is 56.4 Å². The number of carbonyl (C=O) groups excluding carboxylic acids is 2. The van der Waals surface area contributed by atoms with E-state index in [2.05, 4.69) is 0 Å². The molecule has 0 unspecified atom stereocenters. The van der Waals surface area contributed by atoms with E-state index in [0.29, 0.717) is 24.9 Å². The fourth-order valence-electron chi connectivity index (χ4n) is 5.63. The summed E-state index contributed by atoms with van der Waals surface area (Å²) in [7, 11) is 0. The van der Waals surface area contributed by atoms with E-state index in [1.54, 1.807) is 24.6 Å². The van der Waals surface area contributed by atoms with E-state index in [-0.39, 0.29) is 28.5 Å². The topological polar surface area (TPSA) is 87.1 Å². The highest BCUT2D eigenvalue weighted by atomic mass is 32.2. The number of halogens is 2. The number of fused-ring (bicyclic) bond motifs is 3. The number of rotatable bonds is 5. The monoisotopic (exact) mass is 582 g/mol. The smallest absolute Gasteiger partial charge is 0.451 e. The molecule has 0 bridgehead atoms. The van der Waals surface area contributed by atoms with Crippen molar-refractivity contribution < 1.29 is 32.6 Å². The Labute approximate surface area is 239 Å². The van der Waals surface area contributed by atoms with E-state index in [1.165, 1.54) is 24.0 Å². The number of Topliss-reactive ketones (excluding diaryl/α,β-unsaturated/α-hetero) is 1. The van der Waals surface area contributed by atoms with Gasteiger partial charge in [-0.25, -0.2) is 13.6 Å². The molecule has 2 aliphatic heterocycles. The molecule has 0 saturated heterocycles. The van der Waals surface area contributed by atoms with Crippen LogP contribution < -0.4 is 15.2 Å². The van der Waals surface area contributed by atoms with Crippen LogP contribution in [0.1, 0.15) is 65.5 Å². The Morgan fingerprint density at radius 3 is 2.63 bits per heavy atom. The van der Waals surface area contributed by atoms with Crippen LogP contribution in [0.2, 0.25) is 0 Å². The van der Waals surface area contributed by atoms with Gasteiger partial charge in [0.2, 0.25) is 12.2 Å². The van der Waals surface area contributed by atoms with Gasteiger partial charge in [-0.1, -0.05) is 24.3 Å². The minimum Gasteiger partial charge on any atom is -0.451 e. The first kappa shape index (κ1) is 27.3. The van der Waals surface area contributed by atoms with Gasteiger partial charge in [0.25, 0.3) is 0 Å². The molecule has 1 atom stereocenters. The molecule has 1 aromatic heterocycles. The first-order chi connectivity index (χ1) is 19.6. The maximum atomic E-state index is 15.3. The summed E-state index contributed by atoms with van der Waals surface area (Å²) >= 11 is 1.45. The van der Waals surface area contributed by atoms with Gasteiger partial charge in [0, 0.05) is 35.0 Å². The zero-order valence-corrected chi connectivity index (χ0v) is 23.6. The van der Waals surface area contributed by atoms with Crippen LogP contribution in [0.25, 0.3) is 0 Å². The zero-order valence-electron chi connectivity index (χ0n) is 22.7. The molecule has 1 spiro atoms. The molecule has 0 N–H and O–H groups in total. The number of carbonyl (C=O) groups is 2. The number of hydrogen-bond acceptors (Lipinski definition) is 8. The van der Waals surface area contributed by atoms with Gasteiger partial charge < -0.3 is 14.2 Å². The third-order valence-electron chi connectivity index (χ3n) is 7.76. The van der Waals surface area contributed by atoms with Crippen LogP contribution in [0.15, 0.2) is 52.3 Å². The quantitative estimate of drug-likeness (QED) is 0.282. The summed E-state index contributed by atoms with van der Waals surface area (Å²) in [5.41, 5.74) is 1.44. The van der Waals surface area contributed by atoms with Crippen LogP contribution in [0.4, 0.5) is 13.6 Å². The molecule has 11 heteroatoms. The SMILES string of the molecule is Cc1cccc2c1SCc1c(ccc(F)c1F)[C@@H]2N1CC2(CC2)C(=O)c2c(OCOC(=O)OC(C)C)c(=O)ccn21. The fraction of sp³-hybridized carbons (Fsp3) is 0.367. The Bertz CT molecular complexity index is 1630. The van der Waals surface area contributed by atoms with Crippen molar-refractivity contribution in [2.24, 2.45) is 5.41 Å². The molecular weight excluding hydrogens is 554 g/mol. The molecule has 6 rings (SSSR count). The minimum atomic E-state index is -0.967. The Morgan fingerprint density at radius 2 is 1.90 bits per heavy atom. The maximum absolute atomic E-state index is 15.3. The van der Waals surface area contributed by atoms with Crippen molar-refractivity contribution >= 4 is 23.7 Å². The Morgan fingerprint density at radius 1 is 1.12 bits per heavy atom. The van der Waals surface area contributed by atoms with Gasteiger partial charge in [-0.2, -0.15) is 0 Å². The Hall–Kier alpha value is -3.86. The number of aryl methyl sites for hydroxylation is 1. The normalized spacial score (nSPS) is 18.3. The van der Waals surface area contributed by atoms with Crippen LogP contribution in [-0.2, 0) is 15.2 Å². The lowest BCUT2D eigenvalue weighted by Gasteiger charge is -2.43. The predicted molar refractivity (Wildman–Crippen MR) is 147 cm³/mol. The highest BCUT2D eigenvalue weighted by Gasteiger charge is 2.57. The number of aromatic nitrogens is 1. The van der Waals surface area contributed by atoms with Crippen molar-refractivity contribution in [2.75, 3.05) is 18.3 Å². The molecule has 214 valence electrons. The zero-order chi connectivity index (χ0) is 29.1. The number of benzene rings is 2. The largest absolute Gasteiger partial charge is 0.511 e. The van der Waals surface area contributed by atoms with Gasteiger partial charge in [-0.3, -0.25) is 19.3 Å². The van der Waals surface area contributed by atoms with Gasteiger partial charge in [0.15, 0.2) is 28.9 Å². The lowest BCUT2D eigenvalue weighted by atomic mass is 9.89. The van der Waals surface area contributed by atoms with Gasteiger partial charge in [0.05, 0.1) is 17.6 Å². The molecule has 1 aliphatic carbocycles. The first-order valence-electron chi connectivity index (χ1n) is 13.3. The summed E-state index contributed by atoms with van der Waals surface area (Å²) in [5, 5.41) is 1.93. The molecule has 0 radical (unpaired) electrons. The van der Waals surface area contributed by atoms with E-state index in [4.69, 9.17) is 14.2 Å². The molecule has 0 amide bonds. The number of thioether (sulfide) groups is 1. The summed E-state index contributed by atoms with van der Waals surface area (Å²) in [5.74, 6) is -2.07. The molecule has 3 aliphatic rings. The van der Waals surface area contributed by atoms with Crippen molar-refractivity contribution in [3.8, 4) is 5.75 Å². The molecular formula is C30H28F2N2O6S. The van der Waals surface area contributed by atoms with Gasteiger partial charge in [-0.15, -0.1) is 11.8 Å². The summed E-state index contributed by atoms with van der Waals surface area (Å²) in [4.78, 5) is 39.7. The molecule has 2 aromatic carbocycles. The second kappa shape index (κ2) is 10.2. The van der Waals surface area contributed by atoms with Gasteiger partial charge >= 0.3 is 6.16 Å². The standard InChI is InChI=1S/C30H28F2N2O6S/c1-16(2)40-29(37)39-15-38-26-22(35)9-12-33-25(26)28(36)30(10-11-30)14-34(33)24-18-7-8-21(31)23(32)20(18)13-41-27-17(3)5-4-6-19(24)27/h4-9,12,16,24H,10-11,13-15H2,1-3H3/t24-/m0/s1. The van der Waals surface area contributed by atoms with E-state index in [0.717, 1.165) is 22.1 Å². The number of hydrogen-bond donors (Lipinski definition) is 0. The molecule has 8 nitrogen and oxygen atoms in total. The first-order valence-corrected chi connectivity index (χ1v) is 14.3. The summed E-state index contributed by atoms with van der Waals surface area (Å²) in [6, 6.07) is 9.25. The lowest BCUT2D eigenvalue weighted by Crippen LogP contribution is -2.52. The number of ether oxygens (including phenoxy) is 3. The van der Waals surface area contributed by atoms with E-state index in [1.807, 2.05) is 30.1 Å².